The number of carbonyl (C=O) groups is 8. The third-order valence-corrected chi connectivity index (χ3v) is 22.4. The Morgan fingerprint density at radius 2 is 1.52 bits per heavy atom. The number of hydrogen-bond acceptors (Lipinski definition) is 32. The fraction of sp³-hybridized carbons (Fsp3) is 0.415. The Hall–Kier alpha value is -9.36. The molecule has 13 rings (SSSR count). The van der Waals surface area contributed by atoms with Gasteiger partial charge >= 0.3 is 11.9 Å². The first-order valence-corrected chi connectivity index (χ1v) is 36.7. The summed E-state index contributed by atoms with van der Waals surface area (Å²) in [6.07, 6.45) is -7.57. The number of aromatic hydroxyl groups is 1. The molecule has 8 aromatic rings. The SMILES string of the molecule is COC(C)=C1NC(=O)C([C@@H](C)O)NC(=O)c2csc(n2)-c2cc(O)c(-c3nc(C(=O)NC(CN4CCOCC4)C(N)=O)cs3)nc2-c2csc(n2)[C@@H]2COC(=O)c3c4c5c(cccc5n3O)COC(=O)[C@@H](O[C@H]3C[C@](C)(O)C(N(C)C)[C@H](C)O3)[C@@H](OC4)[C@H](NC(=O)c3csc1n3)c1nc(cs1)C(=O)N2. The molecule has 39 heteroatoms. The van der Waals surface area contributed by atoms with Crippen molar-refractivity contribution in [2.75, 3.05) is 60.7 Å². The van der Waals surface area contributed by atoms with E-state index in [0.717, 1.165) is 56.7 Å². The second kappa shape index (κ2) is 30.0. The van der Waals surface area contributed by atoms with Gasteiger partial charge in [0.05, 0.1) is 56.3 Å². The Balaban J connectivity index is 0.960. The van der Waals surface area contributed by atoms with Crippen molar-refractivity contribution in [1.29, 1.82) is 0 Å². The fourth-order valence-electron chi connectivity index (χ4n) is 13.0. The first-order valence-electron chi connectivity index (χ1n) is 32.3. The number of hydrogen-bond donors (Lipinski definition) is 10. The van der Waals surface area contributed by atoms with Crippen LogP contribution < -0.4 is 32.3 Å². The Morgan fingerprint density at radius 3 is 2.24 bits per heavy atom. The molecular formula is C65H69N15O19S5. The van der Waals surface area contributed by atoms with E-state index >= 15 is 19.2 Å². The van der Waals surface area contributed by atoms with Crippen molar-refractivity contribution in [3.8, 4) is 38.4 Å². The molecule has 3 unspecified atom stereocenters. The summed E-state index contributed by atoms with van der Waals surface area (Å²) in [4.78, 5) is 148. The van der Waals surface area contributed by atoms with Gasteiger partial charge in [-0.15, -0.1) is 56.7 Å². The molecule has 2 fully saturated rings. The molecule has 104 heavy (non-hydrogen) atoms. The summed E-state index contributed by atoms with van der Waals surface area (Å²) in [7, 11) is 4.84. The fourth-order valence-corrected chi connectivity index (χ4v) is 17.1. The minimum atomic E-state index is -1.92. The zero-order chi connectivity index (χ0) is 73.7. The van der Waals surface area contributed by atoms with Crippen LogP contribution in [0.5, 0.6) is 5.75 Å². The molecule has 5 aliphatic heterocycles. The number of aromatic nitrogens is 7. The number of benzene rings is 1. The number of allylic oxidation sites excluding steroid dienone is 1. The summed E-state index contributed by atoms with van der Waals surface area (Å²) in [5, 5.41) is 68.3. The molecular weight excluding hydrogens is 1460 g/mol. The number of carbonyl (C=O) groups excluding carboxylic acids is 8. The number of aliphatic hydroxyl groups excluding tert-OH is 1. The lowest BCUT2D eigenvalue weighted by Crippen LogP contribution is -2.62. The quantitative estimate of drug-likeness (QED) is 0.0505. The van der Waals surface area contributed by atoms with Gasteiger partial charge in [0.2, 0.25) is 11.8 Å². The number of amides is 6. The van der Waals surface area contributed by atoms with Gasteiger partial charge in [0.15, 0.2) is 18.1 Å². The van der Waals surface area contributed by atoms with E-state index in [4.69, 9.17) is 53.8 Å². The summed E-state index contributed by atoms with van der Waals surface area (Å²) < 4.78 is 43.7. The highest BCUT2D eigenvalue weighted by Gasteiger charge is 2.50. The summed E-state index contributed by atoms with van der Waals surface area (Å²) in [5.74, 6) is -7.93. The maximum absolute atomic E-state index is 15.2. The van der Waals surface area contributed by atoms with Crippen LogP contribution in [0.2, 0.25) is 0 Å². The van der Waals surface area contributed by atoms with Gasteiger partial charge < -0.3 is 90.9 Å². The van der Waals surface area contributed by atoms with Crippen LogP contribution in [0.1, 0.15) is 125 Å². The van der Waals surface area contributed by atoms with Gasteiger partial charge in [-0.05, 0) is 59.5 Å². The second-order valence-corrected chi connectivity index (χ2v) is 29.7. The number of rotatable bonds is 11. The Bertz CT molecular complexity index is 4730. The lowest BCUT2D eigenvalue weighted by molar-refractivity contribution is -0.280. The van der Waals surface area contributed by atoms with Crippen molar-refractivity contribution in [1.82, 2.24) is 71.0 Å². The zero-order valence-corrected chi connectivity index (χ0v) is 60.5. The summed E-state index contributed by atoms with van der Waals surface area (Å²) in [6, 6.07) is -0.453. The van der Waals surface area contributed by atoms with Crippen LogP contribution in [-0.4, -0.2) is 227 Å². The zero-order valence-electron chi connectivity index (χ0n) is 56.4. The normalized spacial score (nSPS) is 24.8. The number of nitrogens with one attached hydrogen (secondary N) is 5. The van der Waals surface area contributed by atoms with Crippen molar-refractivity contribution >= 4 is 121 Å². The smallest absolute Gasteiger partial charge is 0.358 e. The predicted molar refractivity (Wildman–Crippen MR) is 372 cm³/mol. The van der Waals surface area contributed by atoms with Crippen molar-refractivity contribution < 1.29 is 92.0 Å². The highest BCUT2D eigenvalue weighted by atomic mass is 32.1. The average molecular weight is 1520 g/mol. The van der Waals surface area contributed by atoms with Gasteiger partial charge in [0, 0.05) is 69.5 Å². The molecule has 7 aromatic heterocycles. The van der Waals surface area contributed by atoms with Gasteiger partial charge in [-0.25, -0.2) is 39.5 Å². The topological polar surface area (TPSA) is 457 Å². The summed E-state index contributed by atoms with van der Waals surface area (Å²) >= 11 is 4.52. The molecule has 548 valence electrons. The molecule has 0 aliphatic carbocycles. The third kappa shape index (κ3) is 14.8. The number of aliphatic hydroxyl groups is 2. The number of thiazole rings is 5. The number of pyridine rings is 1. The monoisotopic (exact) mass is 1520 g/mol. The lowest BCUT2D eigenvalue weighted by atomic mass is 9.85. The van der Waals surface area contributed by atoms with E-state index in [1.807, 2.05) is 4.90 Å². The van der Waals surface area contributed by atoms with Crippen LogP contribution in [0.15, 0.2) is 56.9 Å². The molecule has 0 spiro atoms. The van der Waals surface area contributed by atoms with Gasteiger partial charge in [-0.2, -0.15) is 4.73 Å². The van der Waals surface area contributed by atoms with E-state index in [2.05, 4.69) is 41.5 Å². The van der Waals surface area contributed by atoms with Gasteiger partial charge in [0.25, 0.3) is 23.6 Å². The number of esters is 2. The highest BCUT2D eigenvalue weighted by molar-refractivity contribution is 7.14. The highest BCUT2D eigenvalue weighted by Crippen LogP contribution is 2.43. The number of likely N-dealkylation sites (N-methyl/N-ethyl adjacent to an activating group) is 1. The molecule has 12 heterocycles. The van der Waals surface area contributed by atoms with E-state index in [9.17, 15) is 39.7 Å². The Kier molecular flexibility index (Phi) is 21.1. The first kappa shape index (κ1) is 73.0. The van der Waals surface area contributed by atoms with Crippen LogP contribution in [0.4, 0.5) is 0 Å². The largest absolute Gasteiger partial charge is 0.506 e. The Morgan fingerprint density at radius 1 is 0.846 bits per heavy atom. The molecule has 0 radical (unpaired) electrons. The number of cyclic esters (lactones) is 2. The molecule has 0 saturated carbocycles. The van der Waals surface area contributed by atoms with Gasteiger partial charge in [-0.3, -0.25) is 33.7 Å². The van der Waals surface area contributed by atoms with Crippen LogP contribution in [0.25, 0.3) is 49.3 Å². The van der Waals surface area contributed by atoms with E-state index < -0.39 is 145 Å². The van der Waals surface area contributed by atoms with Gasteiger partial charge in [0.1, 0.15) is 126 Å². The maximum atomic E-state index is 15.2. The lowest BCUT2D eigenvalue weighted by Gasteiger charge is -2.48. The third-order valence-electron chi connectivity index (χ3n) is 17.9. The van der Waals surface area contributed by atoms with Crippen LogP contribution in [0, 0.1) is 0 Å². The van der Waals surface area contributed by atoms with E-state index in [0.29, 0.717) is 36.6 Å². The number of nitrogens with zero attached hydrogens (tertiary/aromatic N) is 9. The molecule has 6 amide bonds. The predicted octanol–water partition coefficient (Wildman–Crippen LogP) is 3.08. The maximum Gasteiger partial charge on any atom is 0.358 e. The number of morpholine rings is 1. The molecule has 12 bridgehead atoms. The molecule has 11 atom stereocenters. The molecule has 2 saturated heterocycles. The first-order chi connectivity index (χ1) is 49.7. The molecule has 34 nitrogen and oxygen atoms in total. The van der Waals surface area contributed by atoms with Gasteiger partial charge in [-0.1, -0.05) is 12.1 Å². The van der Waals surface area contributed by atoms with Crippen LogP contribution in [-0.2, 0) is 60.8 Å². The molecule has 11 N–H and O–H groups in total. The number of ether oxygens (including phenoxy) is 7. The summed E-state index contributed by atoms with van der Waals surface area (Å²) in [5.41, 5.74) is 3.00. The van der Waals surface area contributed by atoms with E-state index in [1.54, 1.807) is 45.0 Å². The number of nitrogens with two attached hydrogens (primary N) is 1. The van der Waals surface area contributed by atoms with E-state index in [1.165, 1.54) is 60.0 Å². The molecule has 5 aliphatic rings. The van der Waals surface area contributed by atoms with Crippen LogP contribution >= 0.6 is 56.7 Å². The van der Waals surface area contributed by atoms with Crippen molar-refractivity contribution in [2.24, 2.45) is 5.73 Å². The standard InChI is InChI=1S/C65H69N15O19S5/c1-26(81)43-57(88)76-44(27(2)93-7)60-71-38(25-102-60)56(87)77-47-49-50(99-41-16-65(4,91)51(78(5)6)28(3)98-41)64(90)96-18-29-9-8-10-39-42(29)31(19-95-49)48(80(39)92)63(89)97-20-33(68-54(85)36-24-104-62(47)73-36)59-69-34(21-101-59)45-30(58-70-37(22-100-58)55(86)75-43)15-40(82)46(74-45)61-72-35(23-103-61)53(84)67-32(52(66)83)17-79-11-13-94-14-12-79/h8-10,15,21-26,28,32-33,41,43,47,49-51,81-82,91-92H,11-14,16-20H2,1-7H3,(H2,66,83)(H,67,84)(H,68,85)(H,75,86)(H,76,88)(H,77,87)/t26-,28+,32?,33+,41+,43?,47+,49+,50+,51?,65+/m1/s1. The average Bonchev–Trinajstić information content (AvgIpc) is 1.51. The van der Waals surface area contributed by atoms with E-state index in [-0.39, 0.29) is 111 Å². The summed E-state index contributed by atoms with van der Waals surface area (Å²) in [6.45, 7) is 6.21. The van der Waals surface area contributed by atoms with Crippen LogP contribution in [0.3, 0.4) is 0 Å². The number of primary amides is 1. The number of methoxy groups -OCH3 is 1. The molecule has 1 aromatic carbocycles. The van der Waals surface area contributed by atoms with Crippen molar-refractivity contribution in [3.05, 3.63) is 112 Å². The van der Waals surface area contributed by atoms with Crippen molar-refractivity contribution in [2.45, 2.75) is 114 Å². The Labute approximate surface area is 610 Å². The minimum absolute atomic E-state index is 0.0115. The van der Waals surface area contributed by atoms with Crippen molar-refractivity contribution in [3.63, 3.8) is 0 Å². The minimum Gasteiger partial charge on any atom is -0.506 e. The second-order valence-electron chi connectivity index (χ2n) is 25.4. The number of fused-ring (bicyclic) bond motifs is 15.